The van der Waals surface area contributed by atoms with Crippen molar-refractivity contribution < 1.29 is 56.6 Å². The zero-order valence-electron chi connectivity index (χ0n) is 33.3. The Bertz CT molecular complexity index is 1250. The van der Waals surface area contributed by atoms with E-state index >= 15 is 0 Å². The quantitative estimate of drug-likeness (QED) is 0.0428. The minimum atomic E-state index is -4.64. The standard InChI is InChI=1S/C38H66NO12P/c1-28-22-29(2)32(30(3)23-28)26-47-34(40)20-18-16-14-12-11-13-15-17-19-21-46-24-31(45-10)25-48-52(43,44)49-27-33(35(41)50-37(4,5)6)39-36(42)51-38(7,8)9/h22-23,31,33H,11-21,24-27H2,1-10H3,(H,39,42)(H,43,44). The summed E-state index contributed by atoms with van der Waals surface area (Å²) in [6, 6.07) is 2.81. The molecule has 13 nitrogen and oxygen atoms in total. The molecule has 0 aliphatic rings. The number of ether oxygens (including phenoxy) is 5. The van der Waals surface area contributed by atoms with E-state index in [0.717, 1.165) is 74.5 Å². The zero-order chi connectivity index (χ0) is 39.4. The molecule has 1 amide bonds. The maximum Gasteiger partial charge on any atom is 0.472 e. The number of amides is 1. The van der Waals surface area contributed by atoms with Crippen molar-refractivity contribution in [1.82, 2.24) is 5.32 Å². The minimum absolute atomic E-state index is 0.135. The molecule has 2 N–H and O–H groups in total. The first-order valence-electron chi connectivity index (χ1n) is 18.4. The summed E-state index contributed by atoms with van der Waals surface area (Å²) in [5.41, 5.74) is 2.92. The van der Waals surface area contributed by atoms with Crippen molar-refractivity contribution in [3.05, 3.63) is 34.4 Å². The van der Waals surface area contributed by atoms with Crippen LogP contribution in [0.2, 0.25) is 0 Å². The number of unbranched alkanes of at least 4 members (excludes halogenated alkanes) is 8. The van der Waals surface area contributed by atoms with Crippen LogP contribution < -0.4 is 5.32 Å². The van der Waals surface area contributed by atoms with Crippen LogP contribution in [0.25, 0.3) is 0 Å². The molecule has 1 rings (SSSR count). The lowest BCUT2D eigenvalue weighted by Gasteiger charge is -2.26. The average Bonchev–Trinajstić information content (AvgIpc) is 3.00. The molecule has 0 fully saturated rings. The summed E-state index contributed by atoms with van der Waals surface area (Å²) < 4.78 is 49.6. The van der Waals surface area contributed by atoms with Crippen LogP contribution in [0.5, 0.6) is 0 Å². The van der Waals surface area contributed by atoms with Gasteiger partial charge in [0.05, 0.1) is 19.8 Å². The van der Waals surface area contributed by atoms with Crippen LogP contribution in [-0.4, -0.2) is 79.8 Å². The van der Waals surface area contributed by atoms with Crippen LogP contribution in [0.1, 0.15) is 128 Å². The molecule has 0 spiro atoms. The van der Waals surface area contributed by atoms with Gasteiger partial charge in [0.15, 0.2) is 6.04 Å². The van der Waals surface area contributed by atoms with Gasteiger partial charge in [-0.25, -0.2) is 14.2 Å². The van der Waals surface area contributed by atoms with E-state index in [1.807, 2.05) is 0 Å². The Morgan fingerprint density at radius 2 is 1.29 bits per heavy atom. The first kappa shape index (κ1) is 47.5. The lowest BCUT2D eigenvalue weighted by atomic mass is 10.0. The third kappa shape index (κ3) is 23.2. The van der Waals surface area contributed by atoms with E-state index in [2.05, 4.69) is 38.2 Å². The third-order valence-electron chi connectivity index (χ3n) is 7.73. The van der Waals surface area contributed by atoms with Crippen LogP contribution in [0.15, 0.2) is 12.1 Å². The lowest BCUT2D eigenvalue weighted by Crippen LogP contribution is -2.48. The Hall–Kier alpha value is -2.54. The summed E-state index contributed by atoms with van der Waals surface area (Å²) >= 11 is 0. The number of hydrogen-bond donors (Lipinski definition) is 2. The first-order valence-corrected chi connectivity index (χ1v) is 19.9. The second kappa shape index (κ2) is 24.0. The fourth-order valence-electron chi connectivity index (χ4n) is 5.15. The molecular weight excluding hydrogens is 693 g/mol. The van der Waals surface area contributed by atoms with Gasteiger partial charge in [-0.3, -0.25) is 13.8 Å². The molecular formula is C38H66NO12P. The van der Waals surface area contributed by atoms with E-state index in [4.69, 9.17) is 32.7 Å². The van der Waals surface area contributed by atoms with Crippen molar-refractivity contribution in [3.8, 4) is 0 Å². The van der Waals surface area contributed by atoms with Gasteiger partial charge < -0.3 is 33.9 Å². The second-order valence-electron chi connectivity index (χ2n) is 15.2. The van der Waals surface area contributed by atoms with Crippen LogP contribution in [0.4, 0.5) is 4.79 Å². The largest absolute Gasteiger partial charge is 0.472 e. The van der Waals surface area contributed by atoms with Gasteiger partial charge in [0.25, 0.3) is 0 Å². The van der Waals surface area contributed by atoms with Crippen molar-refractivity contribution in [2.24, 2.45) is 0 Å². The Kier molecular flexibility index (Phi) is 21.9. The lowest BCUT2D eigenvalue weighted by molar-refractivity contribution is -0.158. The van der Waals surface area contributed by atoms with Crippen molar-refractivity contribution in [3.63, 3.8) is 0 Å². The van der Waals surface area contributed by atoms with E-state index in [0.29, 0.717) is 19.6 Å². The minimum Gasteiger partial charge on any atom is -0.461 e. The maximum absolute atomic E-state index is 12.6. The van der Waals surface area contributed by atoms with Gasteiger partial charge >= 0.3 is 25.9 Å². The van der Waals surface area contributed by atoms with Crippen molar-refractivity contribution >= 4 is 25.9 Å². The van der Waals surface area contributed by atoms with E-state index in [-0.39, 0.29) is 19.2 Å². The highest BCUT2D eigenvalue weighted by Gasteiger charge is 2.33. The number of carbonyl (C=O) groups excluding carboxylic acids is 3. The number of phosphoric acid groups is 1. The molecule has 1 aromatic carbocycles. The Morgan fingerprint density at radius 3 is 1.83 bits per heavy atom. The molecule has 0 aliphatic heterocycles. The molecule has 0 saturated carbocycles. The van der Waals surface area contributed by atoms with Gasteiger partial charge in [0.1, 0.15) is 23.9 Å². The maximum atomic E-state index is 12.6. The molecule has 0 aromatic heterocycles. The predicted molar refractivity (Wildman–Crippen MR) is 199 cm³/mol. The summed E-state index contributed by atoms with van der Waals surface area (Å²) in [6.07, 6.45) is 8.31. The summed E-state index contributed by atoms with van der Waals surface area (Å²) in [6.45, 7) is 16.1. The number of rotatable bonds is 25. The van der Waals surface area contributed by atoms with Crippen molar-refractivity contribution in [2.75, 3.05) is 33.5 Å². The number of benzene rings is 1. The Morgan fingerprint density at radius 1 is 0.769 bits per heavy atom. The number of hydrogen-bond acceptors (Lipinski definition) is 11. The number of phosphoric ester groups is 1. The van der Waals surface area contributed by atoms with Gasteiger partial charge in [0, 0.05) is 20.1 Å². The molecule has 3 unspecified atom stereocenters. The predicted octanol–water partition coefficient (Wildman–Crippen LogP) is 7.96. The highest BCUT2D eigenvalue weighted by Crippen LogP contribution is 2.43. The van der Waals surface area contributed by atoms with Gasteiger partial charge in [-0.1, -0.05) is 62.6 Å². The molecule has 0 heterocycles. The number of esters is 2. The van der Waals surface area contributed by atoms with Gasteiger partial charge in [0.2, 0.25) is 0 Å². The topological polar surface area (TPSA) is 165 Å². The van der Waals surface area contributed by atoms with Crippen LogP contribution in [-0.2, 0) is 53.5 Å². The summed E-state index contributed by atoms with van der Waals surface area (Å²) in [4.78, 5) is 47.3. The number of aryl methyl sites for hydroxylation is 3. The van der Waals surface area contributed by atoms with Crippen molar-refractivity contribution in [2.45, 2.75) is 156 Å². The number of alkyl carbamates (subject to hydrolysis) is 1. The molecule has 1 aromatic rings. The molecule has 0 saturated heterocycles. The summed E-state index contributed by atoms with van der Waals surface area (Å²) in [5.74, 6) is -1.00. The molecule has 52 heavy (non-hydrogen) atoms. The van der Waals surface area contributed by atoms with Crippen LogP contribution in [0.3, 0.4) is 0 Å². The SMILES string of the molecule is COC(COCCCCCCCCCCCC(=O)OCc1c(C)cc(C)cc1C)COP(=O)(O)OCC(NC(=O)OC(C)(C)C)C(=O)OC(C)(C)C. The third-order valence-corrected chi connectivity index (χ3v) is 8.69. The first-order chi connectivity index (χ1) is 24.2. The molecule has 0 radical (unpaired) electrons. The van der Waals surface area contributed by atoms with Gasteiger partial charge in [-0.05, 0) is 91.8 Å². The number of methoxy groups -OCH3 is 1. The van der Waals surface area contributed by atoms with E-state index in [9.17, 15) is 23.8 Å². The summed E-state index contributed by atoms with van der Waals surface area (Å²) in [5, 5.41) is 2.32. The van der Waals surface area contributed by atoms with Crippen molar-refractivity contribution in [1.29, 1.82) is 0 Å². The fraction of sp³-hybridized carbons (Fsp3) is 0.763. The normalized spacial score (nSPS) is 14.3. The zero-order valence-corrected chi connectivity index (χ0v) is 34.2. The smallest absolute Gasteiger partial charge is 0.461 e. The van der Waals surface area contributed by atoms with E-state index in [1.54, 1.807) is 41.5 Å². The highest BCUT2D eigenvalue weighted by atomic mass is 31.2. The van der Waals surface area contributed by atoms with E-state index in [1.165, 1.54) is 12.7 Å². The number of nitrogens with one attached hydrogen (secondary N) is 1. The average molecular weight is 760 g/mol. The molecule has 14 heteroatoms. The molecule has 300 valence electrons. The summed E-state index contributed by atoms with van der Waals surface area (Å²) in [7, 11) is -3.20. The number of carbonyl (C=O) groups is 3. The monoisotopic (exact) mass is 759 g/mol. The molecule has 0 bridgehead atoms. The second-order valence-corrected chi connectivity index (χ2v) is 16.6. The van der Waals surface area contributed by atoms with Gasteiger partial charge in [-0.2, -0.15) is 0 Å². The molecule has 3 atom stereocenters. The molecule has 0 aliphatic carbocycles. The van der Waals surface area contributed by atoms with Crippen LogP contribution >= 0.6 is 7.82 Å². The van der Waals surface area contributed by atoms with Crippen LogP contribution in [0, 0.1) is 20.8 Å². The Labute approximate surface area is 311 Å². The van der Waals surface area contributed by atoms with Gasteiger partial charge in [-0.15, -0.1) is 0 Å². The van der Waals surface area contributed by atoms with E-state index < -0.39 is 49.8 Å². The Balaban J connectivity index is 2.20. The highest BCUT2D eigenvalue weighted by molar-refractivity contribution is 7.47. The fourth-order valence-corrected chi connectivity index (χ4v) is 5.91.